The highest BCUT2D eigenvalue weighted by molar-refractivity contribution is 5.65. The van der Waals surface area contributed by atoms with Crippen molar-refractivity contribution in [3.05, 3.63) is 99.6 Å². The van der Waals surface area contributed by atoms with E-state index in [1.807, 2.05) is 0 Å². The third-order valence-electron chi connectivity index (χ3n) is 5.64. The van der Waals surface area contributed by atoms with E-state index >= 15 is 0 Å². The van der Waals surface area contributed by atoms with E-state index in [1.54, 1.807) is 6.07 Å². The van der Waals surface area contributed by atoms with Crippen LogP contribution in [-0.2, 0) is 12.8 Å². The van der Waals surface area contributed by atoms with Crippen molar-refractivity contribution in [2.45, 2.75) is 40.5 Å². The van der Waals surface area contributed by atoms with Gasteiger partial charge in [0.25, 0.3) is 0 Å². The van der Waals surface area contributed by atoms with Crippen LogP contribution in [0.3, 0.4) is 0 Å². The lowest BCUT2D eigenvalue weighted by molar-refractivity contribution is 0.451. The topological polar surface area (TPSA) is 79.1 Å². The molecule has 0 saturated heterocycles. The summed E-state index contributed by atoms with van der Waals surface area (Å²) < 4.78 is 0. The van der Waals surface area contributed by atoms with Crippen LogP contribution in [0, 0.1) is 27.7 Å². The van der Waals surface area contributed by atoms with Gasteiger partial charge in [-0.15, -0.1) is 0 Å². The van der Waals surface area contributed by atoms with E-state index < -0.39 is 0 Å². The molecule has 1 aromatic heterocycles. The first-order valence-corrected chi connectivity index (χ1v) is 10.7. The highest BCUT2D eigenvalue weighted by Crippen LogP contribution is 2.30. The molecule has 0 bridgehead atoms. The molecule has 162 valence electrons. The molecule has 0 aliphatic heterocycles. The fraction of sp³-hybridized carbons (Fsp3) is 0.222. The van der Waals surface area contributed by atoms with Gasteiger partial charge in [-0.25, -0.2) is 15.0 Å². The Hall–Kier alpha value is -3.73. The van der Waals surface area contributed by atoms with Gasteiger partial charge in [-0.2, -0.15) is 0 Å². The van der Waals surface area contributed by atoms with E-state index in [1.165, 1.54) is 34.4 Å². The molecule has 32 heavy (non-hydrogen) atoms. The summed E-state index contributed by atoms with van der Waals surface area (Å²) in [6.45, 7) is 8.33. The Labute approximate surface area is 188 Å². The molecule has 4 aromatic rings. The number of phenolic OH excluding ortho intramolecular Hbond substituents is 2. The molecule has 0 fully saturated rings. The minimum Gasteiger partial charge on any atom is -0.508 e. The molecule has 3 aromatic carbocycles. The Morgan fingerprint density at radius 2 is 1.16 bits per heavy atom. The molecule has 2 N–H and O–H groups in total. The first kappa shape index (κ1) is 21.5. The van der Waals surface area contributed by atoms with Crippen LogP contribution in [0.1, 0.15) is 45.0 Å². The standard InChI is InChI=1S/C27H27N3O2/c1-16-5-7-20(18(3)11-16)13-25-28-26(14-21-8-6-17(2)12-19(21)4)30-27(29-25)23-10-9-22(31)15-24(23)32/h5-12,15,31-32H,13-14H2,1-4H3. The van der Waals surface area contributed by atoms with E-state index in [0.717, 1.165) is 11.1 Å². The molecule has 0 aliphatic rings. The summed E-state index contributed by atoms with van der Waals surface area (Å²) in [4.78, 5) is 14.1. The number of aromatic hydroxyl groups is 2. The average Bonchev–Trinajstić information content (AvgIpc) is 2.72. The highest BCUT2D eigenvalue weighted by atomic mass is 16.3. The number of aryl methyl sites for hydroxylation is 4. The van der Waals surface area contributed by atoms with Crippen LogP contribution in [-0.4, -0.2) is 25.2 Å². The molecular formula is C27H27N3O2. The lowest BCUT2D eigenvalue weighted by Crippen LogP contribution is -2.08. The maximum atomic E-state index is 10.4. The van der Waals surface area contributed by atoms with Crippen LogP contribution in [0.15, 0.2) is 54.6 Å². The third-order valence-corrected chi connectivity index (χ3v) is 5.64. The van der Waals surface area contributed by atoms with Gasteiger partial charge in [0.1, 0.15) is 23.1 Å². The van der Waals surface area contributed by atoms with Crippen LogP contribution in [0.2, 0.25) is 0 Å². The van der Waals surface area contributed by atoms with E-state index in [0.29, 0.717) is 35.9 Å². The molecule has 0 saturated carbocycles. The van der Waals surface area contributed by atoms with Gasteiger partial charge in [0.05, 0.1) is 5.56 Å². The zero-order valence-corrected chi connectivity index (χ0v) is 18.8. The molecule has 0 amide bonds. The van der Waals surface area contributed by atoms with Crippen LogP contribution in [0.5, 0.6) is 11.5 Å². The lowest BCUT2D eigenvalue weighted by Gasteiger charge is -2.12. The number of rotatable bonds is 5. The zero-order chi connectivity index (χ0) is 22.8. The monoisotopic (exact) mass is 425 g/mol. The van der Waals surface area contributed by atoms with Crippen molar-refractivity contribution in [1.29, 1.82) is 0 Å². The lowest BCUT2D eigenvalue weighted by atomic mass is 10.0. The number of hydrogen-bond donors (Lipinski definition) is 2. The third kappa shape index (κ3) is 4.78. The van der Waals surface area contributed by atoms with E-state index in [4.69, 9.17) is 4.98 Å². The Bertz CT molecular complexity index is 1230. The summed E-state index contributed by atoms with van der Waals surface area (Å²) in [5, 5.41) is 20.1. The summed E-state index contributed by atoms with van der Waals surface area (Å²) >= 11 is 0. The van der Waals surface area contributed by atoms with Crippen molar-refractivity contribution < 1.29 is 10.2 Å². The Morgan fingerprint density at radius 1 is 0.625 bits per heavy atom. The van der Waals surface area contributed by atoms with Crippen molar-refractivity contribution in [3.63, 3.8) is 0 Å². The highest BCUT2D eigenvalue weighted by Gasteiger charge is 2.15. The zero-order valence-electron chi connectivity index (χ0n) is 18.8. The second-order valence-electron chi connectivity index (χ2n) is 8.41. The van der Waals surface area contributed by atoms with Crippen LogP contribution in [0.4, 0.5) is 0 Å². The molecule has 0 radical (unpaired) electrons. The van der Waals surface area contributed by atoms with Gasteiger partial charge >= 0.3 is 0 Å². The molecule has 0 spiro atoms. The molecule has 4 rings (SSSR count). The minimum absolute atomic E-state index is 0.00804. The predicted octanol–water partition coefficient (Wildman–Crippen LogP) is 5.37. The number of benzene rings is 3. The van der Waals surface area contributed by atoms with Crippen LogP contribution in [0.25, 0.3) is 11.4 Å². The average molecular weight is 426 g/mol. The summed E-state index contributed by atoms with van der Waals surface area (Å²) in [6, 6.07) is 17.1. The van der Waals surface area contributed by atoms with Gasteiger partial charge < -0.3 is 10.2 Å². The van der Waals surface area contributed by atoms with E-state index in [9.17, 15) is 10.2 Å². The molecule has 0 unspecified atom stereocenters. The summed E-state index contributed by atoms with van der Waals surface area (Å²) in [6.07, 6.45) is 1.14. The molecule has 0 aliphatic carbocycles. The first-order chi connectivity index (χ1) is 15.3. The summed E-state index contributed by atoms with van der Waals surface area (Å²) in [5.41, 5.74) is 7.58. The van der Waals surface area contributed by atoms with Gasteiger partial charge in [-0.1, -0.05) is 47.5 Å². The molecule has 5 heteroatoms. The maximum absolute atomic E-state index is 10.4. The fourth-order valence-electron chi connectivity index (χ4n) is 3.89. The largest absolute Gasteiger partial charge is 0.508 e. The number of nitrogens with zero attached hydrogens (tertiary/aromatic N) is 3. The van der Waals surface area contributed by atoms with Crippen LogP contribution >= 0.6 is 0 Å². The van der Waals surface area contributed by atoms with Crippen molar-refractivity contribution >= 4 is 0 Å². The number of phenols is 2. The van der Waals surface area contributed by atoms with Crippen LogP contribution < -0.4 is 0 Å². The van der Waals surface area contributed by atoms with Gasteiger partial charge in [0.15, 0.2) is 5.82 Å². The summed E-state index contributed by atoms with van der Waals surface area (Å²) in [5.74, 6) is 1.62. The Morgan fingerprint density at radius 3 is 1.62 bits per heavy atom. The molecule has 1 heterocycles. The van der Waals surface area contributed by atoms with E-state index in [-0.39, 0.29) is 11.5 Å². The fourth-order valence-corrected chi connectivity index (χ4v) is 3.89. The van der Waals surface area contributed by atoms with Crippen molar-refractivity contribution in [1.82, 2.24) is 15.0 Å². The van der Waals surface area contributed by atoms with Gasteiger partial charge in [-0.3, -0.25) is 0 Å². The SMILES string of the molecule is Cc1ccc(Cc2nc(Cc3ccc(C)cc3C)nc(-c3ccc(O)cc3O)n2)c(C)c1. The second kappa shape index (κ2) is 8.79. The maximum Gasteiger partial charge on any atom is 0.167 e. The minimum atomic E-state index is -0.0638. The normalized spacial score (nSPS) is 11.0. The van der Waals surface area contributed by atoms with Crippen molar-refractivity contribution in [2.75, 3.05) is 0 Å². The van der Waals surface area contributed by atoms with Crippen molar-refractivity contribution in [2.24, 2.45) is 0 Å². The van der Waals surface area contributed by atoms with Gasteiger partial charge in [-0.05, 0) is 62.1 Å². The molecule has 0 atom stereocenters. The Kier molecular flexibility index (Phi) is 5.91. The van der Waals surface area contributed by atoms with Crippen molar-refractivity contribution in [3.8, 4) is 22.9 Å². The smallest absolute Gasteiger partial charge is 0.167 e. The second-order valence-corrected chi connectivity index (χ2v) is 8.41. The summed E-state index contributed by atoms with van der Waals surface area (Å²) in [7, 11) is 0. The van der Waals surface area contributed by atoms with Gasteiger partial charge in [0, 0.05) is 18.9 Å². The van der Waals surface area contributed by atoms with E-state index in [2.05, 4.69) is 74.1 Å². The first-order valence-electron chi connectivity index (χ1n) is 10.7. The molecule has 5 nitrogen and oxygen atoms in total. The van der Waals surface area contributed by atoms with Gasteiger partial charge in [0.2, 0.25) is 0 Å². The predicted molar refractivity (Wildman–Crippen MR) is 126 cm³/mol. The Balaban J connectivity index is 1.78. The quantitative estimate of drug-likeness (QED) is 0.450. The molecular weight excluding hydrogens is 398 g/mol. The number of hydrogen-bond acceptors (Lipinski definition) is 5. The number of aromatic nitrogens is 3.